The minimum Gasteiger partial charge on any atom is -0.508 e. The Bertz CT molecular complexity index is 661. The number of ether oxygens (including phenoxy) is 1. The smallest absolute Gasteiger partial charge is 0.448 e. The highest BCUT2D eigenvalue weighted by molar-refractivity contribution is 7.82. The van der Waals surface area contributed by atoms with E-state index in [4.69, 9.17) is 9.84 Å². The predicted octanol–water partition coefficient (Wildman–Crippen LogP) is 2.45. The predicted molar refractivity (Wildman–Crippen MR) is 71.2 cm³/mol. The summed E-state index contributed by atoms with van der Waals surface area (Å²) < 4.78 is 36.5. The van der Waals surface area contributed by atoms with E-state index in [0.717, 1.165) is 7.11 Å². The second-order valence-corrected chi connectivity index (χ2v) is 5.04. The summed E-state index contributed by atoms with van der Waals surface area (Å²) in [7, 11) is -3.01. The van der Waals surface area contributed by atoms with Gasteiger partial charge in [-0.2, -0.15) is 8.42 Å². The highest BCUT2D eigenvalue weighted by atomic mass is 32.3. The van der Waals surface area contributed by atoms with Crippen molar-refractivity contribution in [3.05, 3.63) is 48.5 Å². The quantitative estimate of drug-likeness (QED) is 0.912. The summed E-state index contributed by atoms with van der Waals surface area (Å²) in [5.41, 5.74) is 0. The van der Waals surface area contributed by atoms with Crippen LogP contribution in [0, 0.1) is 0 Å². The first-order valence-electron chi connectivity index (χ1n) is 5.55. The maximum Gasteiger partial charge on any atom is 0.448 e. The molecule has 2 aromatic rings. The third kappa shape index (κ3) is 3.87. The van der Waals surface area contributed by atoms with E-state index < -0.39 is 10.4 Å². The number of hydrogen-bond donors (Lipinski definition) is 1. The summed E-state index contributed by atoms with van der Waals surface area (Å²) >= 11 is 0. The van der Waals surface area contributed by atoms with Crippen molar-refractivity contribution in [3.63, 3.8) is 0 Å². The van der Waals surface area contributed by atoms with Crippen molar-refractivity contribution in [2.24, 2.45) is 0 Å². The van der Waals surface area contributed by atoms with Gasteiger partial charge in [0.15, 0.2) is 0 Å². The normalized spacial score (nSPS) is 11.1. The first kappa shape index (κ1) is 14.2. The van der Waals surface area contributed by atoms with Crippen LogP contribution in [0.4, 0.5) is 0 Å². The summed E-state index contributed by atoms with van der Waals surface area (Å²) in [6.45, 7) is 0. The molecule has 0 aliphatic carbocycles. The third-order valence-electron chi connectivity index (χ3n) is 2.30. The van der Waals surface area contributed by atoms with Crippen LogP contribution in [0.15, 0.2) is 48.5 Å². The van der Waals surface area contributed by atoms with E-state index in [1.807, 2.05) is 0 Å². The van der Waals surface area contributed by atoms with Crippen molar-refractivity contribution < 1.29 is 26.6 Å². The number of phenols is 1. The van der Waals surface area contributed by atoms with Gasteiger partial charge in [-0.1, -0.05) is 0 Å². The van der Waals surface area contributed by atoms with Crippen LogP contribution in [0.3, 0.4) is 0 Å². The lowest BCUT2D eigenvalue weighted by Gasteiger charge is -2.07. The number of aromatic hydroxyl groups is 1. The zero-order valence-corrected chi connectivity index (χ0v) is 11.3. The molecule has 7 heteroatoms. The fourth-order valence-electron chi connectivity index (χ4n) is 1.37. The van der Waals surface area contributed by atoms with Crippen LogP contribution in [0.2, 0.25) is 0 Å². The van der Waals surface area contributed by atoms with Crippen molar-refractivity contribution in [1.29, 1.82) is 0 Å². The molecule has 6 nitrogen and oxygen atoms in total. The maximum absolute atomic E-state index is 11.1. The topological polar surface area (TPSA) is 82.1 Å². The molecule has 0 radical (unpaired) electrons. The molecule has 0 fully saturated rings. The monoisotopic (exact) mass is 296 g/mol. The standard InChI is InChI=1S/C13H12O6S/c1-17-20(15,16)19-13-8-6-12(7-9-13)18-11-4-2-10(14)3-5-11/h2-9,14H,1H3. The fourth-order valence-corrected chi connectivity index (χ4v) is 1.78. The number of hydrogen-bond acceptors (Lipinski definition) is 6. The first-order chi connectivity index (χ1) is 9.48. The molecular weight excluding hydrogens is 284 g/mol. The Morgan fingerprint density at radius 1 is 0.850 bits per heavy atom. The molecule has 0 saturated heterocycles. The number of benzene rings is 2. The lowest BCUT2D eigenvalue weighted by molar-refractivity contribution is 0.330. The van der Waals surface area contributed by atoms with Crippen LogP contribution < -0.4 is 8.92 Å². The molecule has 0 bridgehead atoms. The SMILES string of the molecule is COS(=O)(=O)Oc1ccc(Oc2ccc(O)cc2)cc1. The van der Waals surface area contributed by atoms with Crippen molar-refractivity contribution in [2.45, 2.75) is 0 Å². The van der Waals surface area contributed by atoms with Crippen LogP contribution in [0.5, 0.6) is 23.0 Å². The molecule has 0 aromatic heterocycles. The third-order valence-corrected chi connectivity index (χ3v) is 3.10. The average molecular weight is 296 g/mol. The van der Waals surface area contributed by atoms with E-state index in [-0.39, 0.29) is 11.5 Å². The molecule has 0 spiro atoms. The molecule has 0 aliphatic rings. The first-order valence-corrected chi connectivity index (χ1v) is 6.89. The van der Waals surface area contributed by atoms with Crippen LogP contribution >= 0.6 is 0 Å². The summed E-state index contributed by atoms with van der Waals surface area (Å²) in [6.07, 6.45) is 0. The Morgan fingerprint density at radius 3 is 1.80 bits per heavy atom. The maximum atomic E-state index is 11.1. The van der Waals surface area contributed by atoms with Crippen LogP contribution in [0.25, 0.3) is 0 Å². The van der Waals surface area contributed by atoms with E-state index >= 15 is 0 Å². The zero-order chi connectivity index (χ0) is 14.6. The minimum absolute atomic E-state index is 0.116. The Kier molecular flexibility index (Phi) is 4.11. The molecule has 0 saturated carbocycles. The molecule has 106 valence electrons. The molecule has 0 unspecified atom stereocenters. The van der Waals surface area contributed by atoms with Gasteiger partial charge in [-0.15, -0.1) is 0 Å². The molecule has 0 atom stereocenters. The molecule has 20 heavy (non-hydrogen) atoms. The molecule has 0 amide bonds. The zero-order valence-electron chi connectivity index (χ0n) is 10.5. The van der Waals surface area contributed by atoms with Crippen molar-refractivity contribution in [1.82, 2.24) is 0 Å². The van der Waals surface area contributed by atoms with Crippen molar-refractivity contribution in [2.75, 3.05) is 7.11 Å². The highest BCUT2D eigenvalue weighted by Crippen LogP contribution is 2.25. The molecule has 2 rings (SSSR count). The van der Waals surface area contributed by atoms with Crippen molar-refractivity contribution >= 4 is 10.4 Å². The van der Waals surface area contributed by atoms with Gasteiger partial charge in [-0.05, 0) is 48.5 Å². The second-order valence-electron chi connectivity index (χ2n) is 3.73. The molecule has 0 heterocycles. The number of phenolic OH excluding ortho intramolecular Hbond substituents is 1. The van der Waals surface area contributed by atoms with Crippen LogP contribution in [0.1, 0.15) is 0 Å². The number of rotatable bonds is 5. The highest BCUT2D eigenvalue weighted by Gasteiger charge is 2.10. The van der Waals surface area contributed by atoms with Gasteiger partial charge in [0.2, 0.25) is 0 Å². The van der Waals surface area contributed by atoms with Crippen molar-refractivity contribution in [3.8, 4) is 23.0 Å². The van der Waals surface area contributed by atoms with Gasteiger partial charge in [-0.25, -0.2) is 4.18 Å². The summed E-state index contributed by atoms with van der Waals surface area (Å²) in [5, 5.41) is 9.15. The Morgan fingerprint density at radius 2 is 1.30 bits per heavy atom. The molecule has 0 aliphatic heterocycles. The van der Waals surface area contributed by atoms with Gasteiger partial charge in [0.25, 0.3) is 0 Å². The van der Waals surface area contributed by atoms with Gasteiger partial charge < -0.3 is 14.0 Å². The van der Waals surface area contributed by atoms with E-state index in [1.165, 1.54) is 24.3 Å². The second kappa shape index (κ2) is 5.81. The summed E-state index contributed by atoms with van der Waals surface area (Å²) in [5.74, 6) is 1.30. The van der Waals surface area contributed by atoms with Gasteiger partial charge in [0.05, 0.1) is 7.11 Å². The molecule has 2 aromatic carbocycles. The van der Waals surface area contributed by atoms with Crippen LogP contribution in [-0.2, 0) is 14.6 Å². The molecular formula is C13H12O6S. The van der Waals surface area contributed by atoms with Gasteiger partial charge in [0, 0.05) is 0 Å². The Balaban J connectivity index is 2.07. The van der Waals surface area contributed by atoms with E-state index in [1.54, 1.807) is 24.3 Å². The lowest BCUT2D eigenvalue weighted by Crippen LogP contribution is -2.10. The van der Waals surface area contributed by atoms with Gasteiger partial charge >= 0.3 is 10.4 Å². The summed E-state index contributed by atoms with van der Waals surface area (Å²) in [6, 6.07) is 12.2. The Labute approximate surface area is 116 Å². The van der Waals surface area contributed by atoms with Gasteiger partial charge in [0.1, 0.15) is 23.0 Å². The van der Waals surface area contributed by atoms with E-state index in [0.29, 0.717) is 11.5 Å². The van der Waals surface area contributed by atoms with Gasteiger partial charge in [-0.3, -0.25) is 0 Å². The summed E-state index contributed by atoms with van der Waals surface area (Å²) in [4.78, 5) is 0. The Hall–Kier alpha value is -2.25. The lowest BCUT2D eigenvalue weighted by atomic mass is 10.3. The fraction of sp³-hybridized carbons (Fsp3) is 0.0769. The van der Waals surface area contributed by atoms with Crippen LogP contribution in [-0.4, -0.2) is 20.6 Å². The largest absolute Gasteiger partial charge is 0.508 e. The molecule has 1 N–H and O–H groups in total. The van der Waals surface area contributed by atoms with E-state index in [9.17, 15) is 8.42 Å². The average Bonchev–Trinajstić information content (AvgIpc) is 2.43. The minimum atomic E-state index is -4.02. The van der Waals surface area contributed by atoms with E-state index in [2.05, 4.69) is 8.37 Å².